The third-order valence-corrected chi connectivity index (χ3v) is 1.90. The fourth-order valence-electron chi connectivity index (χ4n) is 0.954. The minimum absolute atomic E-state index is 0.285. The molecule has 0 radical (unpaired) electrons. The van der Waals surface area contributed by atoms with Crippen LogP contribution in [-0.4, -0.2) is 25.1 Å². The van der Waals surface area contributed by atoms with Crippen LogP contribution in [0.4, 0.5) is 0 Å². The van der Waals surface area contributed by atoms with E-state index in [0.29, 0.717) is 11.5 Å². The average molecular weight is 210 g/mol. The predicted molar refractivity (Wildman–Crippen MR) is 51.4 cm³/mol. The van der Waals surface area contributed by atoms with Gasteiger partial charge in [0.25, 0.3) is 5.56 Å². The van der Waals surface area contributed by atoms with Gasteiger partial charge in [-0.2, -0.15) is 10.2 Å². The molecule has 2 rings (SSSR count). The second-order valence-electron chi connectivity index (χ2n) is 2.53. The van der Waals surface area contributed by atoms with Crippen molar-refractivity contribution in [3.63, 3.8) is 0 Å². The number of hydrogen-bond acceptors (Lipinski definition) is 5. The zero-order valence-electron chi connectivity index (χ0n) is 6.89. The Hall–Kier alpha value is -1.96. The number of aromatic nitrogens is 5. The maximum Gasteiger partial charge on any atom is 0.264 e. The largest absolute Gasteiger partial charge is 0.335 e. The Labute approximate surface area is 82.6 Å². The lowest BCUT2D eigenvalue weighted by Gasteiger charge is -1.96. The van der Waals surface area contributed by atoms with Gasteiger partial charge in [0.2, 0.25) is 10.6 Å². The Bertz CT molecular complexity index is 546. The summed E-state index contributed by atoms with van der Waals surface area (Å²) in [6.07, 6.45) is 0. The lowest BCUT2D eigenvalue weighted by Crippen LogP contribution is -2.12. The maximum absolute atomic E-state index is 10.7. The van der Waals surface area contributed by atoms with Crippen LogP contribution in [0.5, 0.6) is 0 Å². The fourth-order valence-corrected chi connectivity index (χ4v) is 1.09. The molecule has 14 heavy (non-hydrogen) atoms. The van der Waals surface area contributed by atoms with Gasteiger partial charge in [0.1, 0.15) is 5.69 Å². The van der Waals surface area contributed by atoms with Gasteiger partial charge in [-0.15, -0.1) is 0 Å². The first-order valence-electron chi connectivity index (χ1n) is 3.67. The van der Waals surface area contributed by atoms with Gasteiger partial charge >= 0.3 is 0 Å². The molecule has 0 bridgehead atoms. The highest BCUT2D eigenvalue weighted by atomic mass is 32.1. The second kappa shape index (κ2) is 3.07. The molecule has 8 heteroatoms. The van der Waals surface area contributed by atoms with Crippen LogP contribution in [0.2, 0.25) is 0 Å². The van der Waals surface area contributed by atoms with Crippen LogP contribution in [0.1, 0.15) is 0 Å². The van der Waals surface area contributed by atoms with E-state index in [2.05, 4.69) is 20.4 Å². The van der Waals surface area contributed by atoms with Crippen LogP contribution in [0.25, 0.3) is 11.5 Å². The molecule has 4 N–H and O–H groups in total. The Morgan fingerprint density at radius 1 is 1.36 bits per heavy atom. The van der Waals surface area contributed by atoms with E-state index in [1.165, 1.54) is 16.8 Å². The summed E-state index contributed by atoms with van der Waals surface area (Å²) >= 11 is 4.82. The van der Waals surface area contributed by atoms with Gasteiger partial charge in [-0.1, -0.05) is 0 Å². The van der Waals surface area contributed by atoms with Crippen LogP contribution < -0.4 is 11.4 Å². The Balaban J connectivity index is 2.60. The van der Waals surface area contributed by atoms with Crippen molar-refractivity contribution >= 4 is 12.2 Å². The Morgan fingerprint density at radius 2 is 2.14 bits per heavy atom. The van der Waals surface area contributed by atoms with Gasteiger partial charge in [0, 0.05) is 6.07 Å². The van der Waals surface area contributed by atoms with Crippen molar-refractivity contribution in [2.45, 2.75) is 0 Å². The van der Waals surface area contributed by atoms with Crippen molar-refractivity contribution in [3.05, 3.63) is 27.3 Å². The van der Waals surface area contributed by atoms with Crippen molar-refractivity contribution in [3.8, 4) is 11.5 Å². The molecular weight excluding hydrogens is 204 g/mol. The van der Waals surface area contributed by atoms with Gasteiger partial charge in [-0.25, -0.2) is 14.9 Å². The van der Waals surface area contributed by atoms with Crippen LogP contribution in [-0.2, 0) is 0 Å². The monoisotopic (exact) mass is 210 g/mol. The van der Waals surface area contributed by atoms with Crippen molar-refractivity contribution in [1.82, 2.24) is 25.1 Å². The summed E-state index contributed by atoms with van der Waals surface area (Å²) in [4.78, 5) is 10.7. The standard InChI is InChI=1S/C6H6N6OS/c7-12-5(10-11-6(12)14)3-1-2-4(13)9-8-3/h1-2H,7H2,(H,9,13)(H,11,14). The van der Waals surface area contributed by atoms with Crippen molar-refractivity contribution in [1.29, 1.82) is 0 Å². The van der Waals surface area contributed by atoms with Crippen LogP contribution in [0, 0.1) is 4.77 Å². The summed E-state index contributed by atoms with van der Waals surface area (Å²) in [6, 6.07) is 2.84. The van der Waals surface area contributed by atoms with E-state index < -0.39 is 0 Å². The van der Waals surface area contributed by atoms with Crippen molar-refractivity contribution in [2.75, 3.05) is 5.84 Å². The molecule has 0 aromatic carbocycles. The molecule has 0 aliphatic rings. The molecule has 0 atom stereocenters. The van der Waals surface area contributed by atoms with Gasteiger partial charge in [-0.05, 0) is 18.3 Å². The zero-order valence-corrected chi connectivity index (χ0v) is 7.71. The van der Waals surface area contributed by atoms with E-state index in [1.54, 1.807) is 0 Å². The molecule has 0 saturated heterocycles. The first-order chi connectivity index (χ1) is 6.68. The maximum atomic E-state index is 10.7. The van der Waals surface area contributed by atoms with E-state index in [1.807, 2.05) is 0 Å². The molecule has 0 aliphatic carbocycles. The summed E-state index contributed by atoms with van der Waals surface area (Å²) in [7, 11) is 0. The highest BCUT2D eigenvalue weighted by molar-refractivity contribution is 7.71. The Kier molecular flexibility index (Phi) is 1.89. The lowest BCUT2D eigenvalue weighted by molar-refractivity contribution is 0.939. The molecule has 0 unspecified atom stereocenters. The summed E-state index contributed by atoms with van der Waals surface area (Å²) in [5.74, 6) is 5.93. The average Bonchev–Trinajstić information content (AvgIpc) is 2.50. The lowest BCUT2D eigenvalue weighted by atomic mass is 10.4. The third kappa shape index (κ3) is 1.31. The summed E-state index contributed by atoms with van der Waals surface area (Å²) in [5.41, 5.74) is 0.158. The van der Waals surface area contributed by atoms with Crippen molar-refractivity contribution in [2.24, 2.45) is 0 Å². The number of nitrogens with one attached hydrogen (secondary N) is 2. The van der Waals surface area contributed by atoms with E-state index in [4.69, 9.17) is 18.1 Å². The molecule has 0 fully saturated rings. The normalized spacial score (nSPS) is 10.3. The minimum atomic E-state index is -0.286. The topological polar surface area (TPSA) is 105 Å². The first-order valence-corrected chi connectivity index (χ1v) is 4.08. The number of nitrogen functional groups attached to an aromatic ring is 1. The number of aromatic amines is 2. The molecule has 2 heterocycles. The summed E-state index contributed by atoms with van der Waals surface area (Å²) < 4.78 is 1.46. The van der Waals surface area contributed by atoms with Gasteiger partial charge in [-0.3, -0.25) is 4.79 Å². The predicted octanol–water partition coefficient (Wildman–Crippen LogP) is -0.595. The van der Waals surface area contributed by atoms with Gasteiger partial charge in [0.05, 0.1) is 0 Å². The quantitative estimate of drug-likeness (QED) is 0.430. The smallest absolute Gasteiger partial charge is 0.264 e. The zero-order chi connectivity index (χ0) is 10.1. The van der Waals surface area contributed by atoms with E-state index in [0.717, 1.165) is 0 Å². The van der Waals surface area contributed by atoms with Crippen LogP contribution in [0.3, 0.4) is 0 Å². The minimum Gasteiger partial charge on any atom is -0.335 e. The van der Waals surface area contributed by atoms with Gasteiger partial charge in [0.15, 0.2) is 0 Å². The Morgan fingerprint density at radius 3 is 2.64 bits per heavy atom. The second-order valence-corrected chi connectivity index (χ2v) is 2.92. The molecule has 0 spiro atoms. The molecule has 0 aliphatic heterocycles. The van der Waals surface area contributed by atoms with E-state index >= 15 is 0 Å². The fraction of sp³-hybridized carbons (Fsp3) is 0. The van der Waals surface area contributed by atoms with Crippen molar-refractivity contribution < 1.29 is 0 Å². The molecule has 2 aromatic heterocycles. The molecule has 0 amide bonds. The molecule has 2 aromatic rings. The van der Waals surface area contributed by atoms with Gasteiger partial charge < -0.3 is 5.84 Å². The molecule has 0 saturated carbocycles. The number of nitrogens with zero attached hydrogens (tertiary/aromatic N) is 3. The van der Waals surface area contributed by atoms with Crippen LogP contribution in [0.15, 0.2) is 16.9 Å². The number of nitrogens with two attached hydrogens (primary N) is 1. The summed E-state index contributed by atoms with van der Waals surface area (Å²) in [5, 5.41) is 12.4. The van der Waals surface area contributed by atoms with Crippen LogP contribution >= 0.6 is 12.2 Å². The molecular formula is C6H6N6OS. The number of H-pyrrole nitrogens is 2. The number of hydrogen-bond donors (Lipinski definition) is 3. The highest BCUT2D eigenvalue weighted by Gasteiger charge is 2.07. The summed E-state index contributed by atoms with van der Waals surface area (Å²) in [6.45, 7) is 0. The highest BCUT2D eigenvalue weighted by Crippen LogP contribution is 2.08. The SMILES string of the molecule is Nn1c(-c2ccc(=O)[nH]n2)n[nH]c1=S. The number of rotatable bonds is 1. The molecule has 7 nitrogen and oxygen atoms in total. The van der Waals surface area contributed by atoms with E-state index in [-0.39, 0.29) is 10.3 Å². The van der Waals surface area contributed by atoms with E-state index in [9.17, 15) is 4.79 Å². The molecule has 72 valence electrons. The first kappa shape index (κ1) is 8.63. The third-order valence-electron chi connectivity index (χ3n) is 1.61.